The van der Waals surface area contributed by atoms with Crippen LogP contribution in [0.3, 0.4) is 0 Å². The zero-order valence-electron chi connectivity index (χ0n) is 11.1. The second kappa shape index (κ2) is 5.15. The van der Waals surface area contributed by atoms with Crippen LogP contribution in [0, 0.1) is 17.6 Å². The monoisotopic (exact) mass is 268 g/mol. The van der Waals surface area contributed by atoms with Crippen molar-refractivity contribution in [1.29, 1.82) is 0 Å². The van der Waals surface area contributed by atoms with Crippen molar-refractivity contribution < 1.29 is 13.6 Å². The van der Waals surface area contributed by atoms with Gasteiger partial charge >= 0.3 is 0 Å². The van der Waals surface area contributed by atoms with E-state index in [1.54, 1.807) is 4.90 Å². The number of piperidine rings is 1. The van der Waals surface area contributed by atoms with Gasteiger partial charge < -0.3 is 10.6 Å². The first kappa shape index (κ1) is 13.8. The van der Waals surface area contributed by atoms with Crippen molar-refractivity contribution in [3.8, 4) is 0 Å². The van der Waals surface area contributed by atoms with E-state index in [0.717, 1.165) is 18.9 Å². The first-order valence-electron chi connectivity index (χ1n) is 6.47. The lowest BCUT2D eigenvalue weighted by atomic mass is 9.91. The molecule has 2 rings (SSSR count). The molecule has 1 amide bonds. The molecule has 104 valence electrons. The normalized spacial score (nSPS) is 23.5. The SMILES string of the molecule is CC1CCCN(C(=O)c2cc(N)c(F)cc2F)C1C. The number of benzene rings is 1. The van der Waals surface area contributed by atoms with Crippen LogP contribution in [0.5, 0.6) is 0 Å². The lowest BCUT2D eigenvalue weighted by molar-refractivity contribution is 0.0546. The van der Waals surface area contributed by atoms with Gasteiger partial charge in [-0.25, -0.2) is 8.78 Å². The fourth-order valence-electron chi connectivity index (χ4n) is 2.51. The van der Waals surface area contributed by atoms with Crippen LogP contribution < -0.4 is 5.73 Å². The van der Waals surface area contributed by atoms with Crippen molar-refractivity contribution in [3.63, 3.8) is 0 Å². The molecule has 0 radical (unpaired) electrons. The highest BCUT2D eigenvalue weighted by atomic mass is 19.1. The molecule has 3 nitrogen and oxygen atoms in total. The average molecular weight is 268 g/mol. The average Bonchev–Trinajstić information content (AvgIpc) is 2.36. The maximum absolute atomic E-state index is 13.7. The second-order valence-corrected chi connectivity index (χ2v) is 5.21. The molecule has 1 aromatic rings. The number of hydrogen-bond donors (Lipinski definition) is 1. The number of rotatable bonds is 1. The van der Waals surface area contributed by atoms with E-state index >= 15 is 0 Å². The van der Waals surface area contributed by atoms with Crippen molar-refractivity contribution in [1.82, 2.24) is 4.90 Å². The van der Waals surface area contributed by atoms with Crippen molar-refractivity contribution >= 4 is 11.6 Å². The van der Waals surface area contributed by atoms with Crippen LogP contribution in [0.1, 0.15) is 37.0 Å². The van der Waals surface area contributed by atoms with Crippen LogP contribution in [0.2, 0.25) is 0 Å². The van der Waals surface area contributed by atoms with Crippen molar-refractivity contribution in [2.24, 2.45) is 5.92 Å². The number of carbonyl (C=O) groups excluding carboxylic acids is 1. The van der Waals surface area contributed by atoms with E-state index in [2.05, 4.69) is 6.92 Å². The van der Waals surface area contributed by atoms with E-state index in [-0.39, 0.29) is 17.3 Å². The molecule has 1 aliphatic rings. The number of nitrogens with two attached hydrogens (primary N) is 1. The number of likely N-dealkylation sites (tertiary alicyclic amines) is 1. The molecule has 5 heteroatoms. The molecule has 0 saturated carbocycles. The molecule has 19 heavy (non-hydrogen) atoms. The standard InChI is InChI=1S/C14H18F2N2O/c1-8-4-3-5-18(9(8)2)14(19)10-6-13(17)12(16)7-11(10)15/h6-9H,3-5,17H2,1-2H3. The molecule has 2 unspecified atom stereocenters. The minimum atomic E-state index is -0.859. The zero-order chi connectivity index (χ0) is 14.2. The summed E-state index contributed by atoms with van der Waals surface area (Å²) in [5.74, 6) is -1.74. The highest BCUT2D eigenvalue weighted by Crippen LogP contribution is 2.26. The predicted octanol–water partition coefficient (Wildman–Crippen LogP) is 2.81. The molecule has 1 heterocycles. The van der Waals surface area contributed by atoms with Crippen LogP contribution in [0.4, 0.5) is 14.5 Å². The summed E-state index contributed by atoms with van der Waals surface area (Å²) in [5, 5.41) is 0. The lowest BCUT2D eigenvalue weighted by Gasteiger charge is -2.38. The molecule has 0 spiro atoms. The third-order valence-corrected chi connectivity index (χ3v) is 3.95. The van der Waals surface area contributed by atoms with Gasteiger partial charge in [-0.3, -0.25) is 4.79 Å². The molecule has 1 saturated heterocycles. The van der Waals surface area contributed by atoms with Gasteiger partial charge in [0.1, 0.15) is 11.6 Å². The van der Waals surface area contributed by atoms with Gasteiger partial charge in [0.2, 0.25) is 0 Å². The summed E-state index contributed by atoms with van der Waals surface area (Å²) in [6.45, 7) is 4.62. The van der Waals surface area contributed by atoms with E-state index in [9.17, 15) is 13.6 Å². The Labute approximate surface area is 111 Å². The summed E-state index contributed by atoms with van der Waals surface area (Å²) in [5.41, 5.74) is 5.05. The topological polar surface area (TPSA) is 46.3 Å². The molecule has 1 aromatic carbocycles. The molecule has 0 aromatic heterocycles. The van der Waals surface area contributed by atoms with Gasteiger partial charge in [-0.05, 0) is 31.7 Å². The Morgan fingerprint density at radius 2 is 2.00 bits per heavy atom. The molecular formula is C14H18F2N2O. The van der Waals surface area contributed by atoms with Gasteiger partial charge in [0.25, 0.3) is 5.91 Å². The summed E-state index contributed by atoms with van der Waals surface area (Å²) in [6, 6.07) is 1.80. The molecule has 2 N–H and O–H groups in total. The highest BCUT2D eigenvalue weighted by Gasteiger charge is 2.30. The van der Waals surface area contributed by atoms with Crippen LogP contribution in [0.15, 0.2) is 12.1 Å². The third-order valence-electron chi connectivity index (χ3n) is 3.95. The van der Waals surface area contributed by atoms with E-state index < -0.39 is 17.5 Å². The van der Waals surface area contributed by atoms with Gasteiger partial charge in [0.05, 0.1) is 11.3 Å². The maximum Gasteiger partial charge on any atom is 0.257 e. The van der Waals surface area contributed by atoms with Crippen LogP contribution >= 0.6 is 0 Å². The largest absolute Gasteiger partial charge is 0.396 e. The van der Waals surface area contributed by atoms with Gasteiger partial charge in [-0.1, -0.05) is 6.92 Å². The summed E-state index contributed by atoms with van der Waals surface area (Å²) in [6.07, 6.45) is 1.95. The smallest absolute Gasteiger partial charge is 0.257 e. The third kappa shape index (κ3) is 2.55. The summed E-state index contributed by atoms with van der Waals surface area (Å²) >= 11 is 0. The van der Waals surface area contributed by atoms with Crippen LogP contribution in [0.25, 0.3) is 0 Å². The lowest BCUT2D eigenvalue weighted by Crippen LogP contribution is -2.46. The number of anilines is 1. The number of carbonyl (C=O) groups is 1. The van der Waals surface area contributed by atoms with E-state index in [0.29, 0.717) is 18.5 Å². The molecule has 0 aliphatic carbocycles. The molecular weight excluding hydrogens is 250 g/mol. The Morgan fingerprint density at radius 3 is 2.68 bits per heavy atom. The number of hydrogen-bond acceptors (Lipinski definition) is 2. The fourth-order valence-corrected chi connectivity index (χ4v) is 2.51. The van der Waals surface area contributed by atoms with Crippen LogP contribution in [-0.4, -0.2) is 23.4 Å². The molecule has 0 bridgehead atoms. The Balaban J connectivity index is 2.31. The molecule has 1 aliphatic heterocycles. The quantitative estimate of drug-likeness (QED) is 0.796. The second-order valence-electron chi connectivity index (χ2n) is 5.21. The van der Waals surface area contributed by atoms with Gasteiger partial charge in [-0.15, -0.1) is 0 Å². The summed E-state index contributed by atoms with van der Waals surface area (Å²) in [7, 11) is 0. The zero-order valence-corrected chi connectivity index (χ0v) is 11.1. The van der Waals surface area contributed by atoms with Gasteiger partial charge in [-0.2, -0.15) is 0 Å². The first-order valence-corrected chi connectivity index (χ1v) is 6.47. The molecule has 2 atom stereocenters. The summed E-state index contributed by atoms with van der Waals surface area (Å²) < 4.78 is 26.8. The van der Waals surface area contributed by atoms with Crippen molar-refractivity contribution in [2.45, 2.75) is 32.7 Å². The first-order chi connectivity index (χ1) is 8.91. The fraction of sp³-hybridized carbons (Fsp3) is 0.500. The summed E-state index contributed by atoms with van der Waals surface area (Å²) in [4.78, 5) is 14.0. The van der Waals surface area contributed by atoms with E-state index in [1.807, 2.05) is 6.92 Å². The number of nitrogens with zero attached hydrogens (tertiary/aromatic N) is 1. The van der Waals surface area contributed by atoms with Gasteiger partial charge in [0.15, 0.2) is 0 Å². The predicted molar refractivity (Wildman–Crippen MR) is 69.7 cm³/mol. The molecule has 1 fully saturated rings. The Bertz CT molecular complexity index is 504. The van der Waals surface area contributed by atoms with Crippen molar-refractivity contribution in [2.75, 3.05) is 12.3 Å². The Morgan fingerprint density at radius 1 is 1.32 bits per heavy atom. The van der Waals surface area contributed by atoms with Crippen molar-refractivity contribution in [3.05, 3.63) is 29.3 Å². The minimum absolute atomic E-state index is 0.0481. The number of nitrogen functional groups attached to an aromatic ring is 1. The Hall–Kier alpha value is -1.65. The van der Waals surface area contributed by atoms with Crippen LogP contribution in [-0.2, 0) is 0 Å². The number of halogens is 2. The number of amides is 1. The Kier molecular flexibility index (Phi) is 3.73. The van der Waals surface area contributed by atoms with E-state index in [1.165, 1.54) is 0 Å². The van der Waals surface area contributed by atoms with Gasteiger partial charge in [0, 0.05) is 18.7 Å². The van der Waals surface area contributed by atoms with E-state index in [4.69, 9.17) is 5.73 Å². The maximum atomic E-state index is 13.7. The minimum Gasteiger partial charge on any atom is -0.396 e. The highest BCUT2D eigenvalue weighted by molar-refractivity contribution is 5.95.